The van der Waals surface area contributed by atoms with Crippen molar-refractivity contribution in [1.29, 1.82) is 0 Å². The molecule has 1 saturated heterocycles. The molecule has 0 bridgehead atoms. The van der Waals surface area contributed by atoms with Crippen molar-refractivity contribution in [2.24, 2.45) is 0 Å². The largest absolute Gasteiger partial charge is 0.379 e. The van der Waals surface area contributed by atoms with Crippen LogP contribution in [0.2, 0.25) is 0 Å². The Kier molecular flexibility index (Phi) is 3.64. The fourth-order valence-corrected chi connectivity index (χ4v) is 2.75. The minimum Gasteiger partial charge on any atom is -0.379 e. The van der Waals surface area contributed by atoms with Crippen LogP contribution in [0.1, 0.15) is 50.2 Å². The Morgan fingerprint density at radius 3 is 2.42 bits per heavy atom. The summed E-state index contributed by atoms with van der Waals surface area (Å²) in [6.07, 6.45) is 3.91. The average Bonchev–Trinajstić information content (AvgIpc) is 3.21. The molecule has 1 N–H and O–H groups in total. The van der Waals surface area contributed by atoms with Crippen LogP contribution in [-0.4, -0.2) is 25.8 Å². The van der Waals surface area contributed by atoms with Crippen molar-refractivity contribution in [1.82, 2.24) is 5.32 Å². The van der Waals surface area contributed by atoms with Crippen molar-refractivity contribution in [3.63, 3.8) is 0 Å². The number of nitrogens with one attached hydrogen (secondary N) is 1. The maximum absolute atomic E-state index is 5.50. The summed E-state index contributed by atoms with van der Waals surface area (Å²) < 4.78 is 5.50. The summed E-state index contributed by atoms with van der Waals surface area (Å²) in [7, 11) is 0. The van der Waals surface area contributed by atoms with E-state index in [0.29, 0.717) is 5.92 Å². The molecule has 104 valence electrons. The van der Waals surface area contributed by atoms with Crippen LogP contribution in [-0.2, 0) is 10.2 Å². The Bertz CT molecular complexity index is 417. The lowest BCUT2D eigenvalue weighted by atomic mass is 9.78. The first-order valence-electron chi connectivity index (χ1n) is 7.65. The van der Waals surface area contributed by atoms with Gasteiger partial charge in [-0.05, 0) is 36.3 Å². The molecule has 0 spiro atoms. The topological polar surface area (TPSA) is 21.3 Å². The number of rotatable bonds is 6. The lowest BCUT2D eigenvalue weighted by molar-refractivity contribution is -0.0591. The maximum Gasteiger partial charge on any atom is 0.0598 e. The van der Waals surface area contributed by atoms with E-state index in [1.54, 1.807) is 0 Å². The zero-order chi connectivity index (χ0) is 13.3. The summed E-state index contributed by atoms with van der Waals surface area (Å²) in [4.78, 5) is 0. The average molecular weight is 259 g/mol. The molecule has 2 aliphatic rings. The second-order valence-electron chi connectivity index (χ2n) is 6.36. The van der Waals surface area contributed by atoms with Gasteiger partial charge in [0.25, 0.3) is 0 Å². The fourth-order valence-electron chi connectivity index (χ4n) is 2.75. The molecule has 2 fully saturated rings. The molecule has 19 heavy (non-hydrogen) atoms. The summed E-state index contributed by atoms with van der Waals surface area (Å²) in [5.41, 5.74) is 3.13. The van der Waals surface area contributed by atoms with E-state index in [4.69, 9.17) is 4.74 Å². The van der Waals surface area contributed by atoms with Crippen LogP contribution >= 0.6 is 0 Å². The van der Waals surface area contributed by atoms with Gasteiger partial charge in [0.2, 0.25) is 0 Å². The molecule has 1 aliphatic heterocycles. The van der Waals surface area contributed by atoms with Gasteiger partial charge in [0, 0.05) is 12.6 Å². The lowest BCUT2D eigenvalue weighted by Crippen LogP contribution is -2.53. The summed E-state index contributed by atoms with van der Waals surface area (Å²) >= 11 is 0. The van der Waals surface area contributed by atoms with Gasteiger partial charge in [-0.1, -0.05) is 38.1 Å². The molecule has 1 unspecified atom stereocenters. The summed E-state index contributed by atoms with van der Waals surface area (Å²) in [5.74, 6) is 0.659. The molecule has 1 saturated carbocycles. The molecule has 1 atom stereocenters. The van der Waals surface area contributed by atoms with E-state index < -0.39 is 0 Å². The summed E-state index contributed by atoms with van der Waals surface area (Å²) in [6.45, 7) is 7.36. The zero-order valence-corrected chi connectivity index (χ0v) is 12.1. The third-order valence-electron chi connectivity index (χ3n) is 4.77. The summed E-state index contributed by atoms with van der Waals surface area (Å²) in [6, 6.07) is 10.0. The number of hydrogen-bond acceptors (Lipinski definition) is 2. The van der Waals surface area contributed by atoms with Gasteiger partial charge in [-0.25, -0.2) is 0 Å². The number of benzene rings is 1. The van der Waals surface area contributed by atoms with Gasteiger partial charge < -0.3 is 10.1 Å². The van der Waals surface area contributed by atoms with Crippen LogP contribution in [0.25, 0.3) is 0 Å². The number of ether oxygens (including phenoxy) is 1. The number of hydrogen-bond donors (Lipinski definition) is 1. The molecule has 1 aromatic carbocycles. The van der Waals surface area contributed by atoms with Crippen LogP contribution in [0.3, 0.4) is 0 Å². The Morgan fingerprint density at radius 1 is 1.26 bits per heavy atom. The SMILES string of the molecule is CCC(C)c1ccc(C2(CNC3CC3)COC2)cc1. The van der Waals surface area contributed by atoms with Crippen molar-refractivity contribution in [3.05, 3.63) is 35.4 Å². The highest BCUT2D eigenvalue weighted by Crippen LogP contribution is 2.34. The van der Waals surface area contributed by atoms with Gasteiger partial charge in [-0.15, -0.1) is 0 Å². The minimum absolute atomic E-state index is 0.233. The Balaban J connectivity index is 1.71. The van der Waals surface area contributed by atoms with Gasteiger partial charge in [0.1, 0.15) is 0 Å². The molecule has 0 amide bonds. The predicted molar refractivity (Wildman–Crippen MR) is 78.7 cm³/mol. The first kappa shape index (κ1) is 13.1. The van der Waals surface area contributed by atoms with Gasteiger partial charge in [0.05, 0.1) is 18.6 Å². The molecule has 2 nitrogen and oxygen atoms in total. The van der Waals surface area contributed by atoms with E-state index in [1.165, 1.54) is 30.4 Å². The van der Waals surface area contributed by atoms with E-state index in [-0.39, 0.29) is 5.41 Å². The highest BCUT2D eigenvalue weighted by Gasteiger charge is 2.41. The van der Waals surface area contributed by atoms with Crippen LogP contribution in [0, 0.1) is 0 Å². The van der Waals surface area contributed by atoms with Crippen molar-refractivity contribution >= 4 is 0 Å². The molecular weight excluding hydrogens is 234 g/mol. The van der Waals surface area contributed by atoms with Crippen LogP contribution in [0.5, 0.6) is 0 Å². The van der Waals surface area contributed by atoms with E-state index in [9.17, 15) is 0 Å². The first-order chi connectivity index (χ1) is 9.23. The molecule has 1 aromatic rings. The molecule has 0 aromatic heterocycles. The van der Waals surface area contributed by atoms with E-state index in [0.717, 1.165) is 25.8 Å². The predicted octanol–water partition coefficient (Wildman–Crippen LogP) is 3.22. The maximum atomic E-state index is 5.50. The van der Waals surface area contributed by atoms with E-state index >= 15 is 0 Å². The standard InChI is InChI=1S/C17H25NO/c1-3-13(2)14-4-6-15(7-5-14)17(11-19-12-17)10-18-16-8-9-16/h4-7,13,16,18H,3,8-12H2,1-2H3. The van der Waals surface area contributed by atoms with Gasteiger partial charge in [-0.2, -0.15) is 0 Å². The quantitative estimate of drug-likeness (QED) is 0.847. The monoisotopic (exact) mass is 259 g/mol. The fraction of sp³-hybridized carbons (Fsp3) is 0.647. The van der Waals surface area contributed by atoms with Gasteiger partial charge >= 0.3 is 0 Å². The molecule has 0 radical (unpaired) electrons. The van der Waals surface area contributed by atoms with Crippen molar-refractivity contribution < 1.29 is 4.74 Å². The minimum atomic E-state index is 0.233. The Hall–Kier alpha value is -0.860. The van der Waals surface area contributed by atoms with Gasteiger partial charge in [-0.3, -0.25) is 0 Å². The van der Waals surface area contributed by atoms with Gasteiger partial charge in [0.15, 0.2) is 0 Å². The highest BCUT2D eigenvalue weighted by molar-refractivity contribution is 5.33. The van der Waals surface area contributed by atoms with E-state index in [2.05, 4.69) is 43.4 Å². The summed E-state index contributed by atoms with van der Waals surface area (Å²) in [5, 5.41) is 3.67. The van der Waals surface area contributed by atoms with Crippen LogP contribution < -0.4 is 5.32 Å². The second-order valence-corrected chi connectivity index (χ2v) is 6.36. The van der Waals surface area contributed by atoms with Crippen molar-refractivity contribution in [2.45, 2.75) is 50.5 Å². The highest BCUT2D eigenvalue weighted by atomic mass is 16.5. The molecule has 3 rings (SSSR count). The van der Waals surface area contributed by atoms with Crippen LogP contribution in [0.15, 0.2) is 24.3 Å². The lowest BCUT2D eigenvalue weighted by Gasteiger charge is -2.42. The zero-order valence-electron chi connectivity index (χ0n) is 12.1. The normalized spacial score (nSPS) is 22.8. The first-order valence-corrected chi connectivity index (χ1v) is 7.65. The molecule has 2 heteroatoms. The Morgan fingerprint density at radius 2 is 1.95 bits per heavy atom. The molecule has 1 heterocycles. The van der Waals surface area contributed by atoms with Crippen molar-refractivity contribution in [2.75, 3.05) is 19.8 Å². The third kappa shape index (κ3) is 2.70. The third-order valence-corrected chi connectivity index (χ3v) is 4.77. The molecular formula is C17H25NO. The smallest absolute Gasteiger partial charge is 0.0598 e. The second kappa shape index (κ2) is 5.26. The van der Waals surface area contributed by atoms with E-state index in [1.807, 2.05) is 0 Å². The van der Waals surface area contributed by atoms with Crippen molar-refractivity contribution in [3.8, 4) is 0 Å². The van der Waals surface area contributed by atoms with Crippen LogP contribution in [0.4, 0.5) is 0 Å². The Labute approximate surface area is 116 Å². The molecule has 1 aliphatic carbocycles.